The number of carbonyl (C=O) groups is 1. The Balaban J connectivity index is 1.86. The molecule has 1 atom stereocenters. The summed E-state index contributed by atoms with van der Waals surface area (Å²) in [5, 5.41) is 2.45. The van der Waals surface area contributed by atoms with Crippen LogP contribution in [-0.2, 0) is 4.74 Å². The first-order valence-electron chi connectivity index (χ1n) is 6.42. The molecule has 4 nitrogen and oxygen atoms in total. The first kappa shape index (κ1) is 15.2. The highest BCUT2D eigenvalue weighted by atomic mass is 19.4. The molecule has 7 heteroatoms. The summed E-state index contributed by atoms with van der Waals surface area (Å²) in [4.78, 5) is 11.6. The van der Waals surface area contributed by atoms with Crippen molar-refractivity contribution in [2.24, 2.45) is 0 Å². The Morgan fingerprint density at radius 2 is 1.95 bits per heavy atom. The van der Waals surface area contributed by atoms with Gasteiger partial charge in [0.1, 0.15) is 11.9 Å². The van der Waals surface area contributed by atoms with Gasteiger partial charge in [-0.25, -0.2) is 4.79 Å². The summed E-state index contributed by atoms with van der Waals surface area (Å²) in [7, 11) is 0. The van der Waals surface area contributed by atoms with Gasteiger partial charge in [0, 0.05) is 5.69 Å². The van der Waals surface area contributed by atoms with Gasteiger partial charge in [-0.1, -0.05) is 6.08 Å². The largest absolute Gasteiger partial charge is 0.573 e. The lowest BCUT2D eigenvalue weighted by Gasteiger charge is -2.17. The molecule has 0 radical (unpaired) electrons. The highest BCUT2D eigenvalue weighted by Crippen LogP contribution is 2.24. The van der Waals surface area contributed by atoms with E-state index in [1.165, 1.54) is 12.1 Å². The van der Waals surface area contributed by atoms with Gasteiger partial charge in [-0.3, -0.25) is 5.32 Å². The van der Waals surface area contributed by atoms with Crippen LogP contribution >= 0.6 is 0 Å². The molecule has 1 aromatic rings. The van der Waals surface area contributed by atoms with Gasteiger partial charge in [-0.05, 0) is 49.6 Å². The maximum atomic E-state index is 12.0. The van der Waals surface area contributed by atoms with Crippen molar-refractivity contribution in [1.29, 1.82) is 0 Å². The van der Waals surface area contributed by atoms with E-state index in [1.807, 2.05) is 12.2 Å². The van der Waals surface area contributed by atoms with Crippen LogP contribution < -0.4 is 10.1 Å². The summed E-state index contributed by atoms with van der Waals surface area (Å²) in [5.74, 6) is -0.350. The van der Waals surface area contributed by atoms with Crippen LogP contribution in [-0.4, -0.2) is 18.6 Å². The third-order valence-electron chi connectivity index (χ3n) is 2.80. The molecule has 21 heavy (non-hydrogen) atoms. The molecule has 114 valence electrons. The second-order valence-corrected chi connectivity index (χ2v) is 4.50. The molecule has 0 spiro atoms. The fourth-order valence-electron chi connectivity index (χ4n) is 1.90. The molecule has 1 aromatic carbocycles. The summed E-state index contributed by atoms with van der Waals surface area (Å²) >= 11 is 0. The average molecular weight is 301 g/mol. The van der Waals surface area contributed by atoms with E-state index in [-0.39, 0.29) is 11.9 Å². The number of benzene rings is 1. The SMILES string of the molecule is O=C(Nc1ccc(OC(F)(F)F)cc1)OC1C=CCCC1. The van der Waals surface area contributed by atoms with E-state index in [1.54, 1.807) is 0 Å². The van der Waals surface area contributed by atoms with Crippen molar-refractivity contribution in [3.63, 3.8) is 0 Å². The summed E-state index contributed by atoms with van der Waals surface area (Å²) in [6.45, 7) is 0. The van der Waals surface area contributed by atoms with Crippen molar-refractivity contribution in [2.75, 3.05) is 5.32 Å². The zero-order chi connectivity index (χ0) is 15.3. The van der Waals surface area contributed by atoms with Gasteiger partial charge >= 0.3 is 12.5 Å². The number of rotatable bonds is 3. The van der Waals surface area contributed by atoms with Crippen LogP contribution in [0.3, 0.4) is 0 Å². The Morgan fingerprint density at radius 3 is 2.52 bits per heavy atom. The Hall–Kier alpha value is -2.18. The zero-order valence-corrected chi connectivity index (χ0v) is 11.0. The van der Waals surface area contributed by atoms with E-state index in [0.29, 0.717) is 5.69 Å². The van der Waals surface area contributed by atoms with Crippen molar-refractivity contribution >= 4 is 11.8 Å². The van der Waals surface area contributed by atoms with Crippen LogP contribution in [0.1, 0.15) is 19.3 Å². The minimum absolute atomic E-state index is 0.258. The molecule has 1 aliphatic carbocycles. The molecular weight excluding hydrogens is 287 g/mol. The quantitative estimate of drug-likeness (QED) is 0.849. The van der Waals surface area contributed by atoms with Gasteiger partial charge < -0.3 is 9.47 Å². The molecule has 0 aromatic heterocycles. The van der Waals surface area contributed by atoms with E-state index in [4.69, 9.17) is 4.74 Å². The summed E-state index contributed by atoms with van der Waals surface area (Å²) in [5.41, 5.74) is 0.328. The molecule has 1 N–H and O–H groups in total. The van der Waals surface area contributed by atoms with Crippen molar-refractivity contribution in [3.8, 4) is 5.75 Å². The molecule has 0 aliphatic heterocycles. The monoisotopic (exact) mass is 301 g/mol. The number of carbonyl (C=O) groups excluding carboxylic acids is 1. The number of hydrogen-bond donors (Lipinski definition) is 1. The van der Waals surface area contributed by atoms with E-state index < -0.39 is 12.5 Å². The van der Waals surface area contributed by atoms with E-state index >= 15 is 0 Å². The molecule has 2 rings (SSSR count). The minimum atomic E-state index is -4.73. The van der Waals surface area contributed by atoms with Crippen LogP contribution in [0, 0.1) is 0 Å². The van der Waals surface area contributed by atoms with Crippen molar-refractivity contribution in [2.45, 2.75) is 31.7 Å². The summed E-state index contributed by atoms with van der Waals surface area (Å²) in [6, 6.07) is 4.84. The highest BCUT2D eigenvalue weighted by molar-refractivity contribution is 5.84. The zero-order valence-electron chi connectivity index (χ0n) is 11.0. The third-order valence-corrected chi connectivity index (χ3v) is 2.80. The number of anilines is 1. The van der Waals surface area contributed by atoms with Crippen molar-refractivity contribution in [1.82, 2.24) is 0 Å². The number of halogens is 3. The average Bonchev–Trinajstić information content (AvgIpc) is 2.40. The molecule has 0 saturated heterocycles. The lowest BCUT2D eigenvalue weighted by Crippen LogP contribution is -2.22. The summed E-state index contributed by atoms with van der Waals surface area (Å²) in [6.07, 6.45) is 0.833. The number of nitrogens with one attached hydrogen (secondary N) is 1. The van der Waals surface area contributed by atoms with Gasteiger partial charge in [0.25, 0.3) is 0 Å². The maximum Gasteiger partial charge on any atom is 0.573 e. The van der Waals surface area contributed by atoms with Crippen molar-refractivity contribution in [3.05, 3.63) is 36.4 Å². The first-order chi connectivity index (χ1) is 9.92. The van der Waals surface area contributed by atoms with Crippen LogP contribution in [0.5, 0.6) is 5.75 Å². The molecule has 0 bridgehead atoms. The predicted octanol–water partition coefficient (Wildman–Crippen LogP) is 4.24. The number of ether oxygens (including phenoxy) is 2. The fraction of sp³-hybridized carbons (Fsp3) is 0.357. The second kappa shape index (κ2) is 6.51. The Kier molecular flexibility index (Phi) is 4.72. The summed E-state index contributed by atoms with van der Waals surface area (Å²) < 4.78 is 44.9. The molecule has 0 saturated carbocycles. The topological polar surface area (TPSA) is 47.6 Å². The number of amides is 1. The van der Waals surface area contributed by atoms with E-state index in [0.717, 1.165) is 31.4 Å². The number of alkyl halides is 3. The normalized spacial score (nSPS) is 18.1. The standard InChI is InChI=1S/C14H14F3NO3/c15-14(16,17)21-12-8-6-10(7-9-12)18-13(19)20-11-4-2-1-3-5-11/h2,4,6-9,11H,1,3,5H2,(H,18,19). The third kappa shape index (κ3) is 5.37. The first-order valence-corrected chi connectivity index (χ1v) is 6.42. The molecule has 0 fully saturated rings. The van der Waals surface area contributed by atoms with E-state index in [2.05, 4.69) is 10.1 Å². The number of hydrogen-bond acceptors (Lipinski definition) is 3. The van der Waals surface area contributed by atoms with Crippen molar-refractivity contribution < 1.29 is 27.4 Å². The van der Waals surface area contributed by atoms with E-state index in [9.17, 15) is 18.0 Å². The Bertz CT molecular complexity index is 511. The number of allylic oxidation sites excluding steroid dienone is 1. The molecular formula is C14H14F3NO3. The molecule has 0 heterocycles. The van der Waals surface area contributed by atoms with Gasteiger partial charge in [-0.2, -0.15) is 0 Å². The lowest BCUT2D eigenvalue weighted by atomic mass is 10.1. The molecule has 1 aliphatic rings. The Morgan fingerprint density at radius 1 is 1.24 bits per heavy atom. The fourth-order valence-corrected chi connectivity index (χ4v) is 1.90. The Labute approximate surface area is 119 Å². The minimum Gasteiger partial charge on any atom is -0.442 e. The molecule has 1 amide bonds. The van der Waals surface area contributed by atoms with Gasteiger partial charge in [-0.15, -0.1) is 13.2 Å². The van der Waals surface area contributed by atoms with Crippen LogP contribution in [0.4, 0.5) is 23.7 Å². The second-order valence-electron chi connectivity index (χ2n) is 4.50. The van der Waals surface area contributed by atoms with Crippen LogP contribution in [0.15, 0.2) is 36.4 Å². The predicted molar refractivity (Wildman–Crippen MR) is 70.0 cm³/mol. The smallest absolute Gasteiger partial charge is 0.442 e. The highest BCUT2D eigenvalue weighted by Gasteiger charge is 2.30. The van der Waals surface area contributed by atoms with Gasteiger partial charge in [0.15, 0.2) is 0 Å². The van der Waals surface area contributed by atoms with Gasteiger partial charge in [0.05, 0.1) is 0 Å². The van der Waals surface area contributed by atoms with Gasteiger partial charge in [0.2, 0.25) is 0 Å². The van der Waals surface area contributed by atoms with Crippen LogP contribution in [0.2, 0.25) is 0 Å². The maximum absolute atomic E-state index is 12.0. The lowest BCUT2D eigenvalue weighted by molar-refractivity contribution is -0.274. The van der Waals surface area contributed by atoms with Crippen LogP contribution in [0.25, 0.3) is 0 Å². The molecule has 1 unspecified atom stereocenters.